The van der Waals surface area contributed by atoms with Crippen molar-refractivity contribution < 1.29 is 19.8 Å². The molecule has 0 aromatic rings. The van der Waals surface area contributed by atoms with Crippen molar-refractivity contribution in [2.45, 2.75) is 26.9 Å². The Morgan fingerprint density at radius 1 is 1.54 bits per heavy atom. The minimum atomic E-state index is -0.909. The number of hydrogen-bond acceptors (Lipinski definition) is 5. The van der Waals surface area contributed by atoms with E-state index in [2.05, 4.69) is 10.3 Å². The van der Waals surface area contributed by atoms with Crippen molar-refractivity contribution in [3.63, 3.8) is 0 Å². The van der Waals surface area contributed by atoms with Crippen LogP contribution in [0, 0.1) is 5.41 Å². The Morgan fingerprint density at radius 2 is 2.08 bits per heavy atom. The maximum atomic E-state index is 11.1. The maximum absolute atomic E-state index is 11.1. The molecule has 0 aliphatic carbocycles. The lowest BCUT2D eigenvalue weighted by Crippen LogP contribution is -2.35. The van der Waals surface area contributed by atoms with Crippen LogP contribution in [0.2, 0.25) is 0 Å². The molecule has 0 heterocycles. The van der Waals surface area contributed by atoms with Gasteiger partial charge in [-0.05, 0) is 20.8 Å². The molecule has 1 atom stereocenters. The van der Waals surface area contributed by atoms with E-state index in [-0.39, 0.29) is 13.2 Å². The van der Waals surface area contributed by atoms with Gasteiger partial charge < -0.3 is 15.1 Å². The summed E-state index contributed by atoms with van der Waals surface area (Å²) < 4.78 is 0. The Labute approximate surface area is 77.7 Å². The van der Waals surface area contributed by atoms with E-state index >= 15 is 0 Å². The number of hydroxylamine groups is 1. The van der Waals surface area contributed by atoms with Crippen molar-refractivity contribution >= 4 is 5.97 Å². The van der Waals surface area contributed by atoms with Crippen LogP contribution < -0.4 is 5.48 Å². The van der Waals surface area contributed by atoms with Gasteiger partial charge >= 0.3 is 5.97 Å². The molecule has 0 saturated heterocycles. The van der Waals surface area contributed by atoms with Crippen molar-refractivity contribution in [1.29, 1.82) is 0 Å². The smallest absolute Gasteiger partial charge is 0.329 e. The summed E-state index contributed by atoms with van der Waals surface area (Å²) in [6, 6.07) is 0. The molecule has 3 N–H and O–H groups in total. The lowest BCUT2D eigenvalue weighted by atomic mass is 9.98. The fraction of sp³-hybridized carbons (Fsp3) is 0.875. The van der Waals surface area contributed by atoms with E-state index in [4.69, 9.17) is 10.2 Å². The van der Waals surface area contributed by atoms with E-state index in [0.29, 0.717) is 0 Å². The van der Waals surface area contributed by atoms with Crippen LogP contribution in [0.4, 0.5) is 0 Å². The molecule has 0 rings (SSSR count). The Kier molecular flexibility index (Phi) is 4.90. The van der Waals surface area contributed by atoms with Crippen molar-refractivity contribution in [3.05, 3.63) is 0 Å². The first-order valence-corrected chi connectivity index (χ1v) is 4.11. The van der Waals surface area contributed by atoms with Gasteiger partial charge in [-0.15, -0.1) is 0 Å². The normalized spacial score (nSPS) is 13.9. The first-order valence-electron chi connectivity index (χ1n) is 4.11. The van der Waals surface area contributed by atoms with Crippen molar-refractivity contribution in [3.8, 4) is 0 Å². The van der Waals surface area contributed by atoms with Gasteiger partial charge in [0, 0.05) is 0 Å². The largest absolute Gasteiger partial charge is 0.394 e. The van der Waals surface area contributed by atoms with Crippen molar-refractivity contribution in [2.24, 2.45) is 5.41 Å². The third kappa shape index (κ3) is 5.57. The summed E-state index contributed by atoms with van der Waals surface area (Å²) in [5.41, 5.74) is 1.71. The predicted octanol–water partition coefficient (Wildman–Crippen LogP) is -0.567. The van der Waals surface area contributed by atoms with Crippen LogP contribution in [0.5, 0.6) is 0 Å². The number of nitrogens with one attached hydrogen (secondary N) is 1. The first-order chi connectivity index (χ1) is 5.88. The van der Waals surface area contributed by atoms with Crippen molar-refractivity contribution in [2.75, 3.05) is 13.2 Å². The van der Waals surface area contributed by atoms with E-state index in [9.17, 15) is 4.79 Å². The van der Waals surface area contributed by atoms with Crippen LogP contribution in [0.25, 0.3) is 0 Å². The van der Waals surface area contributed by atoms with E-state index in [1.165, 1.54) is 0 Å². The molecule has 13 heavy (non-hydrogen) atoms. The van der Waals surface area contributed by atoms with Gasteiger partial charge in [-0.2, -0.15) is 5.48 Å². The Bertz CT molecular complexity index is 164. The molecular weight excluding hydrogens is 174 g/mol. The summed E-state index contributed by atoms with van der Waals surface area (Å²) in [5.74, 6) is -0.405. The summed E-state index contributed by atoms with van der Waals surface area (Å²) in [7, 11) is 0. The zero-order chi connectivity index (χ0) is 10.5. The number of rotatable bonds is 4. The van der Waals surface area contributed by atoms with E-state index in [0.717, 1.165) is 0 Å². The molecule has 78 valence electrons. The Hall–Kier alpha value is -0.650. The Balaban J connectivity index is 3.60. The summed E-state index contributed by atoms with van der Waals surface area (Å²) in [4.78, 5) is 15.7. The zero-order valence-electron chi connectivity index (χ0n) is 8.20. The van der Waals surface area contributed by atoms with Gasteiger partial charge in [-0.1, -0.05) is 0 Å². The van der Waals surface area contributed by atoms with Crippen LogP contribution in [-0.4, -0.2) is 35.4 Å². The van der Waals surface area contributed by atoms with Gasteiger partial charge in [0.1, 0.15) is 0 Å². The average Bonchev–Trinajstić information content (AvgIpc) is 2.02. The highest BCUT2D eigenvalue weighted by Crippen LogP contribution is 2.13. The van der Waals surface area contributed by atoms with Crippen LogP contribution in [0.15, 0.2) is 0 Å². The lowest BCUT2D eigenvalue weighted by Gasteiger charge is -2.16. The van der Waals surface area contributed by atoms with Crippen LogP contribution >= 0.6 is 0 Å². The minimum Gasteiger partial charge on any atom is -0.394 e. The molecule has 0 bridgehead atoms. The molecule has 5 nitrogen and oxygen atoms in total. The van der Waals surface area contributed by atoms with Gasteiger partial charge in [0.2, 0.25) is 0 Å². The highest BCUT2D eigenvalue weighted by atomic mass is 16.7. The number of hydrogen-bond donors (Lipinski definition) is 3. The maximum Gasteiger partial charge on any atom is 0.329 e. The monoisotopic (exact) mass is 191 g/mol. The third-order valence-corrected chi connectivity index (χ3v) is 1.31. The number of aliphatic hydroxyl groups is 2. The molecule has 0 fully saturated rings. The van der Waals surface area contributed by atoms with Crippen molar-refractivity contribution in [1.82, 2.24) is 5.48 Å². The number of carbonyl (C=O) groups excluding carboxylic acids is 1. The molecule has 0 spiro atoms. The second kappa shape index (κ2) is 5.16. The van der Waals surface area contributed by atoms with E-state index in [1.54, 1.807) is 20.8 Å². The van der Waals surface area contributed by atoms with Crippen LogP contribution in [0.1, 0.15) is 20.8 Å². The van der Waals surface area contributed by atoms with Gasteiger partial charge in [0.25, 0.3) is 0 Å². The summed E-state index contributed by atoms with van der Waals surface area (Å²) in [6.45, 7) is 4.83. The average molecular weight is 191 g/mol. The lowest BCUT2D eigenvalue weighted by molar-refractivity contribution is -0.161. The molecule has 0 radical (unpaired) electrons. The first kappa shape index (κ1) is 12.3. The fourth-order valence-electron chi connectivity index (χ4n) is 0.421. The topological polar surface area (TPSA) is 78.8 Å². The molecule has 0 aliphatic rings. The zero-order valence-corrected chi connectivity index (χ0v) is 8.20. The van der Waals surface area contributed by atoms with Gasteiger partial charge in [-0.25, -0.2) is 4.79 Å². The van der Waals surface area contributed by atoms with Gasteiger partial charge in [0.05, 0.1) is 24.7 Å². The fourth-order valence-corrected chi connectivity index (χ4v) is 0.421. The summed E-state index contributed by atoms with van der Waals surface area (Å²) in [6.07, 6.45) is -0.909. The molecule has 0 amide bonds. The highest BCUT2D eigenvalue weighted by Gasteiger charge is 2.23. The molecule has 5 heteroatoms. The SMILES string of the molecule is CC(C)(C)C(=O)ONC[C@H](O)CO. The highest BCUT2D eigenvalue weighted by molar-refractivity contribution is 5.75. The standard InChI is InChI=1S/C8H17NO4/c1-8(2,3)7(12)13-9-4-6(11)5-10/h6,9-11H,4-5H2,1-3H3/t6-/m0/s1. The Morgan fingerprint density at radius 3 is 2.46 bits per heavy atom. The molecule has 0 aromatic heterocycles. The number of carbonyl (C=O) groups is 1. The summed E-state index contributed by atoms with van der Waals surface area (Å²) in [5, 5.41) is 17.3. The van der Waals surface area contributed by atoms with Crippen LogP contribution in [0.3, 0.4) is 0 Å². The number of aliphatic hydroxyl groups excluding tert-OH is 2. The second-order valence-electron chi connectivity index (χ2n) is 3.82. The molecule has 0 unspecified atom stereocenters. The summed E-state index contributed by atoms with van der Waals surface area (Å²) >= 11 is 0. The van der Waals surface area contributed by atoms with Gasteiger partial charge in [-0.3, -0.25) is 0 Å². The molecule has 0 saturated carbocycles. The predicted molar refractivity (Wildman–Crippen MR) is 46.6 cm³/mol. The quantitative estimate of drug-likeness (QED) is 0.519. The third-order valence-electron chi connectivity index (χ3n) is 1.31. The van der Waals surface area contributed by atoms with Crippen LogP contribution in [-0.2, 0) is 9.63 Å². The second-order valence-corrected chi connectivity index (χ2v) is 3.82. The van der Waals surface area contributed by atoms with E-state index < -0.39 is 17.5 Å². The van der Waals surface area contributed by atoms with E-state index in [1.807, 2.05) is 0 Å². The van der Waals surface area contributed by atoms with Gasteiger partial charge in [0.15, 0.2) is 0 Å². The molecular formula is C8H17NO4. The molecule has 0 aliphatic heterocycles. The minimum absolute atomic E-state index is 0.0261. The molecule has 0 aromatic carbocycles.